The van der Waals surface area contributed by atoms with Gasteiger partial charge < -0.3 is 5.73 Å². The molecule has 0 spiro atoms. The lowest BCUT2D eigenvalue weighted by Crippen LogP contribution is -2.04. The Kier molecular flexibility index (Phi) is 3.50. The van der Waals surface area contributed by atoms with Crippen LogP contribution in [-0.2, 0) is 0 Å². The first-order valence-corrected chi connectivity index (χ1v) is 7.60. The summed E-state index contributed by atoms with van der Waals surface area (Å²) in [5, 5.41) is 0.939. The van der Waals surface area contributed by atoms with Crippen molar-refractivity contribution in [3.63, 3.8) is 0 Å². The number of thiazole rings is 1. The zero-order chi connectivity index (χ0) is 13.2. The number of hydrogen-bond donors (Lipinski definition) is 1. The molecular weight excluding hydrogens is 274 g/mol. The third-order valence-electron chi connectivity index (χ3n) is 2.75. The minimum Gasteiger partial charge on any atom is -0.324 e. The van der Waals surface area contributed by atoms with E-state index in [2.05, 4.69) is 16.0 Å². The van der Waals surface area contributed by atoms with Crippen LogP contribution in [0.25, 0.3) is 10.2 Å². The van der Waals surface area contributed by atoms with E-state index >= 15 is 0 Å². The average molecular weight is 287 g/mol. The molecule has 0 saturated carbocycles. The van der Waals surface area contributed by atoms with Crippen LogP contribution in [0, 0.1) is 0 Å². The summed E-state index contributed by atoms with van der Waals surface area (Å²) in [4.78, 5) is 8.95. The van der Waals surface area contributed by atoms with Crippen LogP contribution in [0.15, 0.2) is 52.0 Å². The second kappa shape index (κ2) is 5.28. The molecule has 19 heavy (non-hydrogen) atoms. The highest BCUT2D eigenvalue weighted by atomic mass is 32.2. The van der Waals surface area contributed by atoms with Crippen LogP contribution in [-0.4, -0.2) is 9.97 Å². The quantitative estimate of drug-likeness (QED) is 0.794. The van der Waals surface area contributed by atoms with Gasteiger partial charge in [0.15, 0.2) is 4.34 Å². The highest BCUT2D eigenvalue weighted by molar-refractivity contribution is 8.01. The number of pyridine rings is 1. The molecule has 0 aliphatic heterocycles. The molecule has 0 unspecified atom stereocenters. The van der Waals surface area contributed by atoms with Gasteiger partial charge in [0, 0.05) is 12.2 Å². The molecule has 0 aliphatic carbocycles. The van der Waals surface area contributed by atoms with Crippen molar-refractivity contribution in [2.45, 2.75) is 22.3 Å². The van der Waals surface area contributed by atoms with Crippen LogP contribution < -0.4 is 5.73 Å². The number of nitrogens with two attached hydrogens (primary N) is 1. The minimum atomic E-state index is 0.0257. The second-order valence-electron chi connectivity index (χ2n) is 4.27. The molecule has 0 saturated heterocycles. The molecule has 0 bridgehead atoms. The van der Waals surface area contributed by atoms with Crippen LogP contribution in [0.5, 0.6) is 0 Å². The predicted octanol–water partition coefficient (Wildman–Crippen LogP) is 3.86. The molecule has 0 radical (unpaired) electrons. The first kappa shape index (κ1) is 12.6. The van der Waals surface area contributed by atoms with Crippen LogP contribution in [0.1, 0.15) is 18.5 Å². The Hall–Kier alpha value is -1.43. The monoisotopic (exact) mass is 287 g/mol. The molecule has 3 rings (SSSR count). The van der Waals surface area contributed by atoms with E-state index in [9.17, 15) is 0 Å². The third-order valence-corrected chi connectivity index (χ3v) is 4.78. The maximum Gasteiger partial charge on any atom is 0.157 e. The van der Waals surface area contributed by atoms with Crippen molar-refractivity contribution < 1.29 is 0 Å². The largest absolute Gasteiger partial charge is 0.324 e. The van der Waals surface area contributed by atoms with Crippen molar-refractivity contribution in [3.8, 4) is 0 Å². The normalized spacial score (nSPS) is 12.7. The molecule has 2 aromatic heterocycles. The Bertz CT molecular complexity index is 673. The van der Waals surface area contributed by atoms with E-state index in [-0.39, 0.29) is 6.04 Å². The zero-order valence-corrected chi connectivity index (χ0v) is 12.0. The fourth-order valence-corrected chi connectivity index (χ4v) is 3.77. The number of rotatable bonds is 3. The van der Waals surface area contributed by atoms with Gasteiger partial charge in [-0.05, 0) is 48.5 Å². The summed E-state index contributed by atoms with van der Waals surface area (Å²) >= 11 is 3.27. The van der Waals surface area contributed by atoms with Crippen LogP contribution in [0.4, 0.5) is 0 Å². The molecule has 96 valence electrons. The maximum absolute atomic E-state index is 5.89. The van der Waals surface area contributed by atoms with Crippen molar-refractivity contribution in [1.82, 2.24) is 9.97 Å². The Balaban J connectivity index is 1.90. The van der Waals surface area contributed by atoms with Gasteiger partial charge >= 0.3 is 0 Å². The van der Waals surface area contributed by atoms with Crippen LogP contribution in [0.3, 0.4) is 0 Å². The van der Waals surface area contributed by atoms with E-state index in [1.165, 1.54) is 4.70 Å². The number of para-hydroxylation sites is 1. The smallest absolute Gasteiger partial charge is 0.157 e. The summed E-state index contributed by atoms with van der Waals surface area (Å²) < 4.78 is 2.21. The van der Waals surface area contributed by atoms with E-state index in [0.29, 0.717) is 0 Å². The Morgan fingerprint density at radius 2 is 2.11 bits per heavy atom. The summed E-state index contributed by atoms with van der Waals surface area (Å²) in [6, 6.07) is 12.2. The molecule has 1 atom stereocenters. The molecule has 2 heterocycles. The number of fused-ring (bicyclic) bond motifs is 1. The molecule has 3 aromatic rings. The first-order chi connectivity index (χ1) is 9.22. The number of nitrogens with zero attached hydrogens (tertiary/aromatic N) is 2. The lowest BCUT2D eigenvalue weighted by Gasteiger charge is -2.05. The van der Waals surface area contributed by atoms with Gasteiger partial charge in [0.2, 0.25) is 0 Å². The van der Waals surface area contributed by atoms with E-state index in [1.807, 2.05) is 37.3 Å². The van der Waals surface area contributed by atoms with Gasteiger partial charge in [-0.2, -0.15) is 0 Å². The summed E-state index contributed by atoms with van der Waals surface area (Å²) in [6.45, 7) is 1.97. The van der Waals surface area contributed by atoms with E-state index < -0.39 is 0 Å². The summed E-state index contributed by atoms with van der Waals surface area (Å²) in [5.41, 5.74) is 8.02. The number of hydrogen-bond acceptors (Lipinski definition) is 5. The van der Waals surface area contributed by atoms with Crippen molar-refractivity contribution >= 4 is 33.3 Å². The molecule has 0 aliphatic rings. The Morgan fingerprint density at radius 3 is 2.89 bits per heavy atom. The highest BCUT2D eigenvalue weighted by Gasteiger charge is 2.07. The molecule has 1 aromatic carbocycles. The van der Waals surface area contributed by atoms with Gasteiger partial charge in [-0.3, -0.25) is 0 Å². The molecule has 0 fully saturated rings. The molecule has 3 nitrogen and oxygen atoms in total. The molecule has 5 heteroatoms. The van der Waals surface area contributed by atoms with E-state index in [0.717, 1.165) is 20.4 Å². The fraction of sp³-hybridized carbons (Fsp3) is 0.143. The molecular formula is C14H13N3S2. The minimum absolute atomic E-state index is 0.0257. The lowest BCUT2D eigenvalue weighted by molar-refractivity contribution is 0.808. The van der Waals surface area contributed by atoms with Crippen LogP contribution >= 0.6 is 23.1 Å². The van der Waals surface area contributed by atoms with Crippen molar-refractivity contribution in [2.75, 3.05) is 0 Å². The highest BCUT2D eigenvalue weighted by Crippen LogP contribution is 2.33. The summed E-state index contributed by atoms with van der Waals surface area (Å²) in [6.07, 6.45) is 1.80. The van der Waals surface area contributed by atoms with Crippen molar-refractivity contribution in [1.29, 1.82) is 0 Å². The van der Waals surface area contributed by atoms with Crippen molar-refractivity contribution in [3.05, 3.63) is 48.2 Å². The van der Waals surface area contributed by atoms with E-state index in [1.54, 1.807) is 29.3 Å². The van der Waals surface area contributed by atoms with Gasteiger partial charge in [0.05, 0.1) is 10.2 Å². The fourth-order valence-electron chi connectivity index (χ4n) is 1.75. The van der Waals surface area contributed by atoms with Crippen LogP contribution in [0.2, 0.25) is 0 Å². The standard InChI is InChI=1S/C14H13N3S2/c1-9(15)10-6-7-16-13(8-10)19-14-17-11-4-2-3-5-12(11)18-14/h2-9H,15H2,1H3/t9-/m0/s1. The third kappa shape index (κ3) is 2.78. The second-order valence-corrected chi connectivity index (χ2v) is 6.56. The van der Waals surface area contributed by atoms with Gasteiger partial charge in [-0.25, -0.2) is 9.97 Å². The van der Waals surface area contributed by atoms with Gasteiger partial charge in [0.1, 0.15) is 5.03 Å². The first-order valence-electron chi connectivity index (χ1n) is 5.97. The lowest BCUT2D eigenvalue weighted by atomic mass is 10.1. The van der Waals surface area contributed by atoms with Crippen molar-refractivity contribution in [2.24, 2.45) is 5.73 Å². The Morgan fingerprint density at radius 1 is 1.26 bits per heavy atom. The maximum atomic E-state index is 5.89. The molecule has 2 N–H and O–H groups in total. The summed E-state index contributed by atoms with van der Waals surface area (Å²) in [7, 11) is 0. The van der Waals surface area contributed by atoms with Gasteiger partial charge in [0.25, 0.3) is 0 Å². The van der Waals surface area contributed by atoms with Gasteiger partial charge in [-0.1, -0.05) is 12.1 Å². The van der Waals surface area contributed by atoms with Gasteiger partial charge in [-0.15, -0.1) is 11.3 Å². The summed E-state index contributed by atoms with van der Waals surface area (Å²) in [5.74, 6) is 0. The number of benzene rings is 1. The van der Waals surface area contributed by atoms with E-state index in [4.69, 9.17) is 5.73 Å². The zero-order valence-electron chi connectivity index (χ0n) is 10.4. The number of aromatic nitrogens is 2. The average Bonchev–Trinajstić information content (AvgIpc) is 2.81. The topological polar surface area (TPSA) is 51.8 Å². The molecule has 0 amide bonds. The SMILES string of the molecule is C[C@H](N)c1ccnc(Sc2nc3ccccc3s2)c1. The predicted molar refractivity (Wildman–Crippen MR) is 80.6 cm³/mol. The Labute approximate surface area is 119 Å².